The molecule has 1 fully saturated rings. The first-order valence-corrected chi connectivity index (χ1v) is 6.65. The van der Waals surface area contributed by atoms with Crippen molar-refractivity contribution in [2.24, 2.45) is 0 Å². The van der Waals surface area contributed by atoms with Crippen molar-refractivity contribution in [3.05, 3.63) is 28.4 Å². The minimum Gasteiger partial charge on any atom is -0.396 e. The number of aliphatic hydroxyl groups is 1. The Morgan fingerprint density at radius 2 is 2.11 bits per heavy atom. The number of pyridine rings is 1. The second kappa shape index (κ2) is 5.97. The van der Waals surface area contributed by atoms with Crippen molar-refractivity contribution >= 4 is 11.5 Å². The molecular weight excluding hydrogens is 246 g/mol. The zero-order chi connectivity index (χ0) is 13.7. The van der Waals surface area contributed by atoms with Gasteiger partial charge in [-0.3, -0.25) is 10.1 Å². The molecule has 0 atom stereocenters. The van der Waals surface area contributed by atoms with Gasteiger partial charge in [0.25, 0.3) is 5.69 Å². The van der Waals surface area contributed by atoms with E-state index in [1.807, 2.05) is 0 Å². The normalized spacial score (nSPS) is 17.9. The Kier molecular flexibility index (Phi) is 4.31. The van der Waals surface area contributed by atoms with Gasteiger partial charge in [-0.15, -0.1) is 0 Å². The van der Waals surface area contributed by atoms with Crippen molar-refractivity contribution in [1.82, 2.24) is 4.98 Å². The summed E-state index contributed by atoms with van der Waals surface area (Å²) >= 11 is 0. The number of nitrogens with one attached hydrogen (secondary N) is 1. The van der Waals surface area contributed by atoms with Crippen molar-refractivity contribution < 1.29 is 10.0 Å². The molecule has 0 saturated heterocycles. The Morgan fingerprint density at radius 3 is 2.63 bits per heavy atom. The number of aromatic nitrogens is 1. The maximum atomic E-state index is 10.6. The summed E-state index contributed by atoms with van der Waals surface area (Å²) in [5, 5.41) is 23.2. The highest BCUT2D eigenvalue weighted by Gasteiger charge is 2.31. The van der Waals surface area contributed by atoms with Gasteiger partial charge in [-0.1, -0.05) is 19.3 Å². The summed E-state index contributed by atoms with van der Waals surface area (Å²) in [5.74, 6) is 0.640. The van der Waals surface area contributed by atoms with Gasteiger partial charge in [0.05, 0.1) is 4.92 Å². The fraction of sp³-hybridized carbons (Fsp3) is 0.615. The van der Waals surface area contributed by atoms with Crippen LogP contribution in [0.1, 0.15) is 38.5 Å². The van der Waals surface area contributed by atoms with E-state index < -0.39 is 4.92 Å². The molecule has 0 amide bonds. The molecule has 0 bridgehead atoms. The lowest BCUT2D eigenvalue weighted by Crippen LogP contribution is -2.41. The van der Waals surface area contributed by atoms with Crippen LogP contribution in [0, 0.1) is 10.1 Å². The topological polar surface area (TPSA) is 88.3 Å². The van der Waals surface area contributed by atoms with Crippen molar-refractivity contribution in [3.63, 3.8) is 0 Å². The molecule has 1 saturated carbocycles. The smallest absolute Gasteiger partial charge is 0.287 e. The van der Waals surface area contributed by atoms with Crippen LogP contribution < -0.4 is 5.32 Å². The predicted octanol–water partition coefficient (Wildman–Crippen LogP) is 2.49. The Bertz CT molecular complexity index is 422. The first-order valence-electron chi connectivity index (χ1n) is 6.65. The van der Waals surface area contributed by atoms with Gasteiger partial charge < -0.3 is 10.4 Å². The quantitative estimate of drug-likeness (QED) is 0.630. The molecule has 0 aliphatic heterocycles. The summed E-state index contributed by atoms with van der Waals surface area (Å²) in [7, 11) is 0. The molecule has 19 heavy (non-hydrogen) atoms. The van der Waals surface area contributed by atoms with Gasteiger partial charge in [0.15, 0.2) is 0 Å². The lowest BCUT2D eigenvalue weighted by molar-refractivity contribution is -0.385. The van der Waals surface area contributed by atoms with Crippen LogP contribution >= 0.6 is 0 Å². The van der Waals surface area contributed by atoms with Crippen molar-refractivity contribution in [1.29, 1.82) is 0 Å². The number of nitro groups is 1. The first-order chi connectivity index (χ1) is 9.15. The van der Waals surface area contributed by atoms with Gasteiger partial charge in [-0.2, -0.15) is 0 Å². The molecule has 1 aromatic heterocycles. The average Bonchev–Trinajstić information content (AvgIpc) is 2.40. The molecule has 6 heteroatoms. The molecule has 104 valence electrons. The number of hydrogen-bond donors (Lipinski definition) is 2. The monoisotopic (exact) mass is 265 g/mol. The molecular formula is C13H19N3O3. The summed E-state index contributed by atoms with van der Waals surface area (Å²) in [6, 6.07) is 3.08. The van der Waals surface area contributed by atoms with Crippen LogP contribution in [0.5, 0.6) is 0 Å². The van der Waals surface area contributed by atoms with Crippen LogP contribution in [0.15, 0.2) is 18.3 Å². The Labute approximate surface area is 112 Å². The second-order valence-corrected chi connectivity index (χ2v) is 5.10. The van der Waals surface area contributed by atoms with E-state index in [0.29, 0.717) is 12.2 Å². The highest BCUT2D eigenvalue weighted by atomic mass is 16.6. The first kappa shape index (κ1) is 13.7. The third-order valence-electron chi connectivity index (χ3n) is 3.75. The summed E-state index contributed by atoms with van der Waals surface area (Å²) in [4.78, 5) is 14.2. The number of aliphatic hydroxyl groups excluding tert-OH is 1. The molecule has 0 radical (unpaired) electrons. The number of hydrogen-bond acceptors (Lipinski definition) is 5. The highest BCUT2D eigenvalue weighted by molar-refractivity contribution is 5.42. The summed E-state index contributed by atoms with van der Waals surface area (Å²) in [5.41, 5.74) is -0.124. The summed E-state index contributed by atoms with van der Waals surface area (Å²) < 4.78 is 0. The van der Waals surface area contributed by atoms with E-state index in [9.17, 15) is 15.2 Å². The predicted molar refractivity (Wildman–Crippen MR) is 72.0 cm³/mol. The van der Waals surface area contributed by atoms with Gasteiger partial charge in [0.1, 0.15) is 12.0 Å². The van der Waals surface area contributed by atoms with Crippen LogP contribution in [0.2, 0.25) is 0 Å². The van der Waals surface area contributed by atoms with E-state index in [-0.39, 0.29) is 17.8 Å². The zero-order valence-corrected chi connectivity index (χ0v) is 10.8. The number of rotatable bonds is 5. The van der Waals surface area contributed by atoms with Gasteiger partial charge in [-0.05, 0) is 25.3 Å². The van der Waals surface area contributed by atoms with Crippen LogP contribution in [0.25, 0.3) is 0 Å². The molecule has 0 unspecified atom stereocenters. The fourth-order valence-corrected chi connectivity index (χ4v) is 2.72. The van der Waals surface area contributed by atoms with Gasteiger partial charge in [0.2, 0.25) is 0 Å². The lowest BCUT2D eigenvalue weighted by atomic mass is 9.79. The van der Waals surface area contributed by atoms with E-state index in [1.165, 1.54) is 18.7 Å². The zero-order valence-electron chi connectivity index (χ0n) is 10.8. The molecule has 2 rings (SSSR count). The fourth-order valence-electron chi connectivity index (χ4n) is 2.72. The highest BCUT2D eigenvalue weighted by Crippen LogP contribution is 2.33. The van der Waals surface area contributed by atoms with Crippen molar-refractivity contribution in [2.45, 2.75) is 44.1 Å². The minimum atomic E-state index is -0.457. The molecule has 6 nitrogen and oxygen atoms in total. The van der Waals surface area contributed by atoms with E-state index in [4.69, 9.17) is 0 Å². The number of nitrogens with zero attached hydrogens (tertiary/aromatic N) is 2. The van der Waals surface area contributed by atoms with Gasteiger partial charge >= 0.3 is 0 Å². The lowest BCUT2D eigenvalue weighted by Gasteiger charge is -2.38. The van der Waals surface area contributed by atoms with Crippen molar-refractivity contribution in [2.75, 3.05) is 11.9 Å². The average molecular weight is 265 g/mol. The maximum absolute atomic E-state index is 10.6. The molecule has 2 N–H and O–H groups in total. The van der Waals surface area contributed by atoms with Crippen molar-refractivity contribution in [3.8, 4) is 0 Å². The molecule has 1 aliphatic rings. The van der Waals surface area contributed by atoms with E-state index >= 15 is 0 Å². The molecule has 0 aromatic carbocycles. The van der Waals surface area contributed by atoms with Crippen LogP contribution in [0.4, 0.5) is 11.5 Å². The van der Waals surface area contributed by atoms with Crippen LogP contribution in [-0.4, -0.2) is 27.2 Å². The number of anilines is 1. The minimum absolute atomic E-state index is 0.00889. The van der Waals surface area contributed by atoms with Gasteiger partial charge in [-0.25, -0.2) is 4.98 Å². The summed E-state index contributed by atoms with van der Waals surface area (Å²) in [6.07, 6.45) is 7.46. The Balaban J connectivity index is 2.10. The van der Waals surface area contributed by atoms with Crippen LogP contribution in [0.3, 0.4) is 0 Å². The van der Waals surface area contributed by atoms with Crippen LogP contribution in [-0.2, 0) is 0 Å². The maximum Gasteiger partial charge on any atom is 0.287 e. The van der Waals surface area contributed by atoms with Gasteiger partial charge in [0, 0.05) is 18.2 Å². The third kappa shape index (κ3) is 3.41. The largest absolute Gasteiger partial charge is 0.396 e. The SMILES string of the molecule is O=[N+]([O-])c1ccc(NC2(CCO)CCCCC2)nc1. The van der Waals surface area contributed by atoms with E-state index in [2.05, 4.69) is 10.3 Å². The Morgan fingerprint density at radius 1 is 1.37 bits per heavy atom. The molecule has 1 heterocycles. The third-order valence-corrected chi connectivity index (χ3v) is 3.75. The van der Waals surface area contributed by atoms with E-state index in [1.54, 1.807) is 6.07 Å². The Hall–Kier alpha value is -1.69. The second-order valence-electron chi connectivity index (χ2n) is 5.10. The molecule has 0 spiro atoms. The molecule has 1 aliphatic carbocycles. The summed E-state index contributed by atoms with van der Waals surface area (Å²) in [6.45, 7) is 0.139. The van der Waals surface area contributed by atoms with E-state index in [0.717, 1.165) is 25.7 Å². The molecule has 1 aromatic rings. The standard InChI is InChI=1S/C13H19N3O3/c17-9-8-13(6-2-1-3-7-13)15-12-5-4-11(10-14-12)16(18)19/h4-5,10,17H,1-3,6-9H2,(H,14,15).